The fourth-order valence-electron chi connectivity index (χ4n) is 2.76. The van der Waals surface area contributed by atoms with Gasteiger partial charge in [-0.1, -0.05) is 19.3 Å². The van der Waals surface area contributed by atoms with Crippen LogP contribution in [0.1, 0.15) is 44.9 Å². The van der Waals surface area contributed by atoms with Gasteiger partial charge in [-0.3, -0.25) is 9.69 Å². The minimum Gasteiger partial charge on any atom is -0.369 e. The number of carbonyl (C=O) groups excluding carboxylic acids is 1. The summed E-state index contributed by atoms with van der Waals surface area (Å²) >= 11 is 0. The van der Waals surface area contributed by atoms with E-state index >= 15 is 0 Å². The highest BCUT2D eigenvalue weighted by Gasteiger charge is 2.28. The maximum absolute atomic E-state index is 11.0. The van der Waals surface area contributed by atoms with E-state index in [-0.39, 0.29) is 11.8 Å². The van der Waals surface area contributed by atoms with Gasteiger partial charge in [-0.05, 0) is 38.8 Å². The highest BCUT2D eigenvalue weighted by atomic mass is 16.1. The number of primary amides is 1. The molecule has 0 aromatic carbocycles. The zero-order valence-electron chi connectivity index (χ0n) is 9.37. The van der Waals surface area contributed by atoms with Crippen molar-refractivity contribution in [1.82, 2.24) is 4.90 Å². The summed E-state index contributed by atoms with van der Waals surface area (Å²) in [6.45, 7) is 2.09. The van der Waals surface area contributed by atoms with E-state index in [4.69, 9.17) is 5.73 Å². The molecule has 1 heterocycles. The van der Waals surface area contributed by atoms with Crippen LogP contribution < -0.4 is 5.73 Å². The van der Waals surface area contributed by atoms with Crippen molar-refractivity contribution in [2.45, 2.75) is 44.9 Å². The normalized spacial score (nSPS) is 26.7. The lowest BCUT2D eigenvalue weighted by Crippen LogP contribution is -2.41. The van der Waals surface area contributed by atoms with Crippen LogP contribution in [0, 0.1) is 12.0 Å². The molecule has 1 aliphatic carbocycles. The van der Waals surface area contributed by atoms with Gasteiger partial charge in [0.15, 0.2) is 0 Å². The van der Waals surface area contributed by atoms with Crippen molar-refractivity contribution in [3.8, 4) is 0 Å². The molecule has 3 nitrogen and oxygen atoms in total. The zero-order valence-corrected chi connectivity index (χ0v) is 9.37. The van der Waals surface area contributed by atoms with Crippen molar-refractivity contribution >= 4 is 5.91 Å². The molecule has 1 amide bonds. The third-order valence-electron chi connectivity index (χ3n) is 3.78. The second-order valence-corrected chi connectivity index (χ2v) is 4.79. The van der Waals surface area contributed by atoms with Crippen LogP contribution in [0.4, 0.5) is 0 Å². The van der Waals surface area contributed by atoms with Crippen LogP contribution in [0.15, 0.2) is 0 Å². The molecule has 2 fully saturated rings. The zero-order chi connectivity index (χ0) is 10.7. The van der Waals surface area contributed by atoms with Crippen LogP contribution >= 0.6 is 0 Å². The SMILES string of the molecule is NC(=O)C1CCN([C]2CCCCC2)CC1. The lowest BCUT2D eigenvalue weighted by atomic mass is 9.90. The second kappa shape index (κ2) is 4.97. The van der Waals surface area contributed by atoms with Crippen molar-refractivity contribution in [2.24, 2.45) is 11.7 Å². The first-order valence-electron chi connectivity index (χ1n) is 6.16. The predicted octanol–water partition coefficient (Wildman–Crippen LogP) is 1.68. The summed E-state index contributed by atoms with van der Waals surface area (Å²) in [5.74, 6) is 0.0220. The minimum absolute atomic E-state index is 0.108. The Hall–Kier alpha value is -0.570. The first-order chi connectivity index (χ1) is 7.27. The molecule has 0 bridgehead atoms. The fraction of sp³-hybridized carbons (Fsp3) is 0.833. The molecule has 1 radical (unpaired) electrons. The van der Waals surface area contributed by atoms with E-state index in [1.165, 1.54) is 32.1 Å². The third-order valence-corrected chi connectivity index (χ3v) is 3.78. The topological polar surface area (TPSA) is 46.3 Å². The summed E-state index contributed by atoms with van der Waals surface area (Å²) in [4.78, 5) is 13.5. The molecule has 2 rings (SSSR count). The Labute approximate surface area is 92.0 Å². The Bertz CT molecular complexity index is 216. The van der Waals surface area contributed by atoms with Crippen molar-refractivity contribution < 1.29 is 4.79 Å². The van der Waals surface area contributed by atoms with Gasteiger partial charge in [0, 0.05) is 12.0 Å². The average Bonchev–Trinajstić information content (AvgIpc) is 2.30. The van der Waals surface area contributed by atoms with Gasteiger partial charge < -0.3 is 5.73 Å². The van der Waals surface area contributed by atoms with Gasteiger partial charge in [0.1, 0.15) is 0 Å². The molecule has 3 heteroatoms. The number of nitrogens with two attached hydrogens (primary N) is 1. The van der Waals surface area contributed by atoms with Gasteiger partial charge in [0.25, 0.3) is 0 Å². The third kappa shape index (κ3) is 2.71. The van der Waals surface area contributed by atoms with Crippen molar-refractivity contribution in [1.29, 1.82) is 0 Å². The number of carbonyl (C=O) groups is 1. The van der Waals surface area contributed by atoms with Gasteiger partial charge >= 0.3 is 0 Å². The van der Waals surface area contributed by atoms with Crippen molar-refractivity contribution in [3.63, 3.8) is 0 Å². The van der Waals surface area contributed by atoms with E-state index in [0.717, 1.165) is 25.9 Å². The molecule has 2 aliphatic rings. The standard InChI is InChI=1S/C12H21N2O/c13-12(15)10-6-8-14(9-7-10)11-4-2-1-3-5-11/h10H,1-9H2,(H2,13,15). The van der Waals surface area contributed by atoms with E-state index in [0.29, 0.717) is 0 Å². The molecular formula is C12H21N2O. The Kier molecular flexibility index (Phi) is 3.62. The maximum Gasteiger partial charge on any atom is 0.220 e. The van der Waals surface area contributed by atoms with Gasteiger partial charge in [0.05, 0.1) is 0 Å². The Balaban J connectivity index is 1.79. The monoisotopic (exact) mass is 209 g/mol. The molecule has 1 saturated heterocycles. The van der Waals surface area contributed by atoms with Crippen LogP contribution in [0.3, 0.4) is 0 Å². The molecule has 1 saturated carbocycles. The van der Waals surface area contributed by atoms with Crippen molar-refractivity contribution in [2.75, 3.05) is 13.1 Å². The van der Waals surface area contributed by atoms with E-state index in [1.54, 1.807) is 6.04 Å². The molecule has 1 aliphatic heterocycles. The molecule has 0 spiro atoms. The van der Waals surface area contributed by atoms with E-state index in [1.807, 2.05) is 0 Å². The fourth-order valence-corrected chi connectivity index (χ4v) is 2.76. The molecule has 0 aromatic rings. The first-order valence-corrected chi connectivity index (χ1v) is 6.16. The second-order valence-electron chi connectivity index (χ2n) is 4.79. The molecule has 2 N–H and O–H groups in total. The average molecular weight is 209 g/mol. The Morgan fingerprint density at radius 3 is 2.27 bits per heavy atom. The quantitative estimate of drug-likeness (QED) is 0.752. The maximum atomic E-state index is 11.0. The summed E-state index contributed by atoms with van der Waals surface area (Å²) in [5, 5.41) is 0. The van der Waals surface area contributed by atoms with Gasteiger partial charge in [-0.2, -0.15) is 0 Å². The summed E-state index contributed by atoms with van der Waals surface area (Å²) < 4.78 is 0. The number of piperidine rings is 1. The van der Waals surface area contributed by atoms with Crippen LogP contribution in [0.25, 0.3) is 0 Å². The van der Waals surface area contributed by atoms with E-state index in [2.05, 4.69) is 4.90 Å². The van der Waals surface area contributed by atoms with E-state index < -0.39 is 0 Å². The number of hydrogen-bond acceptors (Lipinski definition) is 2. The molecular weight excluding hydrogens is 188 g/mol. The smallest absolute Gasteiger partial charge is 0.220 e. The largest absolute Gasteiger partial charge is 0.369 e. The summed E-state index contributed by atoms with van der Waals surface area (Å²) in [7, 11) is 0. The molecule has 0 atom stereocenters. The van der Waals surface area contributed by atoms with E-state index in [9.17, 15) is 4.79 Å². The highest BCUT2D eigenvalue weighted by molar-refractivity contribution is 5.76. The van der Waals surface area contributed by atoms with Gasteiger partial charge in [0.2, 0.25) is 5.91 Å². The summed E-state index contributed by atoms with van der Waals surface area (Å²) in [5.41, 5.74) is 5.33. The van der Waals surface area contributed by atoms with Crippen LogP contribution in [-0.2, 0) is 4.79 Å². The molecule has 15 heavy (non-hydrogen) atoms. The Morgan fingerprint density at radius 1 is 1.13 bits per heavy atom. The van der Waals surface area contributed by atoms with Gasteiger partial charge in [-0.15, -0.1) is 0 Å². The van der Waals surface area contributed by atoms with Crippen LogP contribution in [-0.4, -0.2) is 23.9 Å². The molecule has 0 aromatic heterocycles. The number of likely N-dealkylation sites (tertiary alicyclic amines) is 1. The first kappa shape index (κ1) is 10.9. The number of nitrogens with zero attached hydrogens (tertiary/aromatic N) is 1. The number of amides is 1. The highest BCUT2D eigenvalue weighted by Crippen LogP contribution is 2.31. The Morgan fingerprint density at radius 2 is 1.73 bits per heavy atom. The predicted molar refractivity (Wildman–Crippen MR) is 59.8 cm³/mol. The summed E-state index contributed by atoms with van der Waals surface area (Å²) in [6, 6.07) is 1.63. The number of rotatable bonds is 2. The van der Waals surface area contributed by atoms with Crippen LogP contribution in [0.5, 0.6) is 0 Å². The minimum atomic E-state index is -0.108. The van der Waals surface area contributed by atoms with Crippen LogP contribution in [0.2, 0.25) is 0 Å². The number of hydrogen-bond donors (Lipinski definition) is 1. The van der Waals surface area contributed by atoms with Crippen molar-refractivity contribution in [3.05, 3.63) is 6.04 Å². The lowest BCUT2D eigenvalue weighted by molar-refractivity contribution is -0.123. The van der Waals surface area contributed by atoms with Gasteiger partial charge in [-0.25, -0.2) is 0 Å². The molecule has 85 valence electrons. The lowest BCUT2D eigenvalue weighted by Gasteiger charge is -2.37. The summed E-state index contributed by atoms with van der Waals surface area (Å²) in [6.07, 6.45) is 8.57. The molecule has 0 unspecified atom stereocenters.